The largest absolute Gasteiger partial charge is 0.465 e. The smallest absolute Gasteiger partial charge is 0.306 e. The molecule has 0 saturated carbocycles. The number of hydrogen-bond acceptors (Lipinski definition) is 2. The van der Waals surface area contributed by atoms with E-state index in [1.165, 1.54) is 10.9 Å². The zero-order valence-electron chi connectivity index (χ0n) is 12.4. The van der Waals surface area contributed by atoms with Gasteiger partial charge in [0.1, 0.15) is 0 Å². The van der Waals surface area contributed by atoms with E-state index < -0.39 is 0 Å². The van der Waals surface area contributed by atoms with Crippen LogP contribution in [0.5, 0.6) is 0 Å². The van der Waals surface area contributed by atoms with Crippen LogP contribution in [0.25, 0.3) is 10.9 Å². The molecule has 0 amide bonds. The van der Waals surface area contributed by atoms with E-state index in [1.54, 1.807) is 0 Å². The number of nitrogens with one attached hydrogen (secondary N) is 1. The van der Waals surface area contributed by atoms with E-state index in [4.69, 9.17) is 4.74 Å². The Morgan fingerprint density at radius 1 is 0.955 bits per heavy atom. The number of benzene rings is 2. The van der Waals surface area contributed by atoms with Gasteiger partial charge in [-0.25, -0.2) is 0 Å². The van der Waals surface area contributed by atoms with Crippen LogP contribution in [0.1, 0.15) is 17.5 Å². The SMILES string of the molecule is O=C(CCc1c[nH]c2ccccc12)OCCc1ccccc1. The highest BCUT2D eigenvalue weighted by molar-refractivity contribution is 5.83. The van der Waals surface area contributed by atoms with E-state index in [2.05, 4.69) is 11.1 Å². The zero-order chi connectivity index (χ0) is 15.2. The number of aromatic amines is 1. The molecule has 0 unspecified atom stereocenters. The van der Waals surface area contributed by atoms with Crippen molar-refractivity contribution in [1.82, 2.24) is 4.98 Å². The van der Waals surface area contributed by atoms with Crippen molar-refractivity contribution in [2.24, 2.45) is 0 Å². The molecule has 0 radical (unpaired) electrons. The van der Waals surface area contributed by atoms with Crippen molar-refractivity contribution < 1.29 is 9.53 Å². The third-order valence-electron chi connectivity index (χ3n) is 3.77. The lowest BCUT2D eigenvalue weighted by Crippen LogP contribution is -2.08. The Hall–Kier alpha value is -2.55. The number of para-hydroxylation sites is 1. The second-order valence-corrected chi connectivity index (χ2v) is 5.32. The molecule has 3 rings (SSSR count). The van der Waals surface area contributed by atoms with Gasteiger partial charge in [-0.05, 0) is 23.6 Å². The van der Waals surface area contributed by atoms with Gasteiger partial charge in [-0.2, -0.15) is 0 Å². The van der Waals surface area contributed by atoms with E-state index in [9.17, 15) is 4.79 Å². The maximum atomic E-state index is 11.8. The number of esters is 1. The number of ether oxygens (including phenoxy) is 1. The predicted octanol–water partition coefficient (Wildman–Crippen LogP) is 3.89. The Morgan fingerprint density at radius 3 is 2.59 bits per heavy atom. The molecule has 3 heteroatoms. The number of aromatic nitrogens is 1. The summed E-state index contributed by atoms with van der Waals surface area (Å²) in [5.74, 6) is -0.138. The highest BCUT2D eigenvalue weighted by atomic mass is 16.5. The number of H-pyrrole nitrogens is 1. The molecule has 0 bridgehead atoms. The summed E-state index contributed by atoms with van der Waals surface area (Å²) in [6.45, 7) is 0.441. The van der Waals surface area contributed by atoms with Gasteiger partial charge in [0.25, 0.3) is 0 Å². The molecule has 22 heavy (non-hydrogen) atoms. The first-order valence-corrected chi connectivity index (χ1v) is 7.57. The molecule has 2 aromatic carbocycles. The molecular formula is C19H19NO2. The second-order valence-electron chi connectivity index (χ2n) is 5.32. The molecule has 0 fully saturated rings. The monoisotopic (exact) mass is 293 g/mol. The van der Waals surface area contributed by atoms with E-state index in [0.717, 1.165) is 17.5 Å². The molecule has 3 aromatic rings. The first-order chi connectivity index (χ1) is 10.8. The van der Waals surface area contributed by atoms with Crippen LogP contribution in [-0.4, -0.2) is 17.6 Å². The fourth-order valence-corrected chi connectivity index (χ4v) is 2.57. The molecule has 3 nitrogen and oxygen atoms in total. The lowest BCUT2D eigenvalue weighted by Gasteiger charge is -2.05. The van der Waals surface area contributed by atoms with Crippen LogP contribution in [0.3, 0.4) is 0 Å². The lowest BCUT2D eigenvalue weighted by molar-refractivity contribution is -0.143. The van der Waals surface area contributed by atoms with Gasteiger partial charge in [0.15, 0.2) is 0 Å². The van der Waals surface area contributed by atoms with Gasteiger partial charge in [0, 0.05) is 29.9 Å². The van der Waals surface area contributed by atoms with Crippen molar-refractivity contribution in [3.05, 3.63) is 71.9 Å². The van der Waals surface area contributed by atoms with E-state index in [-0.39, 0.29) is 5.97 Å². The molecule has 0 aliphatic carbocycles. The lowest BCUT2D eigenvalue weighted by atomic mass is 10.1. The van der Waals surface area contributed by atoms with Crippen molar-refractivity contribution >= 4 is 16.9 Å². The third kappa shape index (κ3) is 3.55. The first-order valence-electron chi connectivity index (χ1n) is 7.57. The summed E-state index contributed by atoms with van der Waals surface area (Å²) in [5.41, 5.74) is 3.46. The van der Waals surface area contributed by atoms with Gasteiger partial charge in [-0.3, -0.25) is 4.79 Å². The fraction of sp³-hybridized carbons (Fsp3) is 0.211. The van der Waals surface area contributed by atoms with Crippen molar-refractivity contribution in [3.63, 3.8) is 0 Å². The topological polar surface area (TPSA) is 42.1 Å². The molecule has 1 heterocycles. The minimum Gasteiger partial charge on any atom is -0.465 e. The zero-order valence-corrected chi connectivity index (χ0v) is 12.4. The number of hydrogen-bond donors (Lipinski definition) is 1. The second kappa shape index (κ2) is 6.94. The molecule has 0 saturated heterocycles. The molecular weight excluding hydrogens is 274 g/mol. The van der Waals surface area contributed by atoms with Crippen molar-refractivity contribution in [3.8, 4) is 0 Å². The molecule has 0 aliphatic heterocycles. The van der Waals surface area contributed by atoms with Crippen LogP contribution in [0.2, 0.25) is 0 Å². The Bertz CT molecular complexity index is 746. The summed E-state index contributed by atoms with van der Waals surface area (Å²) >= 11 is 0. The van der Waals surface area contributed by atoms with Gasteiger partial charge < -0.3 is 9.72 Å². The number of rotatable bonds is 6. The summed E-state index contributed by atoms with van der Waals surface area (Å²) in [7, 11) is 0. The van der Waals surface area contributed by atoms with E-state index >= 15 is 0 Å². The van der Waals surface area contributed by atoms with Crippen molar-refractivity contribution in [1.29, 1.82) is 0 Å². The van der Waals surface area contributed by atoms with Gasteiger partial charge >= 0.3 is 5.97 Å². The molecule has 0 spiro atoms. The van der Waals surface area contributed by atoms with Crippen LogP contribution in [0.4, 0.5) is 0 Å². The maximum Gasteiger partial charge on any atom is 0.306 e. The average Bonchev–Trinajstić information content (AvgIpc) is 2.97. The molecule has 0 atom stereocenters. The highest BCUT2D eigenvalue weighted by Crippen LogP contribution is 2.19. The molecule has 1 N–H and O–H groups in total. The number of carbonyl (C=O) groups is 1. The summed E-state index contributed by atoms with van der Waals surface area (Å²) < 4.78 is 5.31. The summed E-state index contributed by atoms with van der Waals surface area (Å²) in [6, 6.07) is 18.2. The van der Waals surface area contributed by atoms with Crippen molar-refractivity contribution in [2.75, 3.05) is 6.61 Å². The summed E-state index contributed by atoms with van der Waals surface area (Å²) in [4.78, 5) is 15.1. The average molecular weight is 293 g/mol. The summed E-state index contributed by atoms with van der Waals surface area (Å²) in [5, 5.41) is 1.18. The van der Waals surface area contributed by atoms with Crippen molar-refractivity contribution in [2.45, 2.75) is 19.3 Å². The van der Waals surface area contributed by atoms with Gasteiger partial charge in [-0.1, -0.05) is 48.5 Å². The van der Waals surface area contributed by atoms with Crippen LogP contribution < -0.4 is 0 Å². The molecule has 0 aliphatic rings. The van der Waals surface area contributed by atoms with E-state index in [0.29, 0.717) is 19.4 Å². The maximum absolute atomic E-state index is 11.8. The van der Waals surface area contributed by atoms with Crippen LogP contribution in [0.15, 0.2) is 60.8 Å². The Morgan fingerprint density at radius 2 is 1.73 bits per heavy atom. The quantitative estimate of drug-likeness (QED) is 0.701. The Labute approximate surface area is 129 Å². The summed E-state index contributed by atoms with van der Waals surface area (Å²) in [6.07, 6.45) is 3.85. The van der Waals surface area contributed by atoms with Crippen LogP contribution in [0, 0.1) is 0 Å². The number of carbonyl (C=O) groups excluding carboxylic acids is 1. The molecule has 1 aromatic heterocycles. The van der Waals surface area contributed by atoms with Gasteiger partial charge in [-0.15, -0.1) is 0 Å². The van der Waals surface area contributed by atoms with Gasteiger partial charge in [0.05, 0.1) is 6.61 Å². The van der Waals surface area contributed by atoms with Crippen LogP contribution >= 0.6 is 0 Å². The van der Waals surface area contributed by atoms with E-state index in [1.807, 2.05) is 54.7 Å². The third-order valence-corrected chi connectivity index (χ3v) is 3.77. The standard InChI is InChI=1S/C19H19NO2/c21-19(22-13-12-15-6-2-1-3-7-15)11-10-16-14-20-18-9-5-4-8-17(16)18/h1-9,14,20H,10-13H2. The highest BCUT2D eigenvalue weighted by Gasteiger charge is 2.07. The Kier molecular flexibility index (Phi) is 4.54. The normalized spacial score (nSPS) is 10.7. The number of aryl methyl sites for hydroxylation is 1. The predicted molar refractivity (Wildman–Crippen MR) is 87.7 cm³/mol. The van der Waals surface area contributed by atoms with Gasteiger partial charge in [0.2, 0.25) is 0 Å². The van der Waals surface area contributed by atoms with Crippen LogP contribution in [-0.2, 0) is 22.4 Å². The minimum atomic E-state index is -0.138. The first kappa shape index (κ1) is 14.4. The Balaban J connectivity index is 1.46. The minimum absolute atomic E-state index is 0.138. The number of fused-ring (bicyclic) bond motifs is 1. The fourth-order valence-electron chi connectivity index (χ4n) is 2.57. The molecule has 112 valence electrons.